The van der Waals surface area contributed by atoms with Crippen LogP contribution in [0, 0.1) is 0 Å². The number of unbranched alkanes of at least 4 members (excludes halogenated alkanes) is 28. The normalized spacial score (nSPS) is 13.5. The molecular weight excluding hydrogens is 637 g/mol. The van der Waals surface area contributed by atoms with Gasteiger partial charge >= 0.3 is 13.8 Å². The first-order valence-corrected chi connectivity index (χ1v) is 22.5. The first-order valence-electron chi connectivity index (χ1n) is 21.0. The van der Waals surface area contributed by atoms with Crippen LogP contribution in [0.3, 0.4) is 0 Å². The lowest BCUT2D eigenvalue weighted by Crippen LogP contribution is -2.28. The van der Waals surface area contributed by atoms with E-state index in [1.54, 1.807) is 0 Å². The molecule has 0 rings (SSSR count). The minimum Gasteiger partial charge on any atom is -0.457 e. The summed E-state index contributed by atoms with van der Waals surface area (Å²) in [5.41, 5.74) is 5.36. The van der Waals surface area contributed by atoms with Gasteiger partial charge in [0.2, 0.25) is 0 Å². The van der Waals surface area contributed by atoms with E-state index in [1.165, 1.54) is 161 Å². The Bertz CT molecular complexity index is 727. The molecule has 0 aromatic carbocycles. The van der Waals surface area contributed by atoms with Crippen LogP contribution in [0.25, 0.3) is 0 Å². The van der Waals surface area contributed by atoms with Gasteiger partial charge in [-0.15, -0.1) is 0 Å². The Balaban J connectivity index is 3.93. The van der Waals surface area contributed by atoms with Crippen molar-refractivity contribution >= 4 is 13.8 Å². The van der Waals surface area contributed by atoms with Crippen molar-refractivity contribution in [2.45, 2.75) is 219 Å². The molecule has 0 saturated heterocycles. The third-order valence-electron chi connectivity index (χ3n) is 9.27. The van der Waals surface area contributed by atoms with Gasteiger partial charge in [0.15, 0.2) is 0 Å². The molecule has 0 aliphatic carbocycles. The van der Waals surface area contributed by atoms with Crippen molar-refractivity contribution in [3.63, 3.8) is 0 Å². The number of carbonyl (C=O) groups excluding carboxylic acids is 1. The van der Waals surface area contributed by atoms with Crippen molar-refractivity contribution in [1.82, 2.24) is 0 Å². The van der Waals surface area contributed by atoms with E-state index in [-0.39, 0.29) is 32.3 Å². The lowest BCUT2D eigenvalue weighted by atomic mass is 10.0. The standard InChI is InChI=1S/C40H82NO7P/c1-3-5-7-9-11-13-15-16-17-18-19-20-21-22-24-26-28-30-32-35-45-37-39(38-47-49(43,44)46-36-34-41)48-40(42)33-31-29-27-25-23-14-12-10-8-6-4-2/h39H,3-38,41H2,1-2H3,(H,43,44). The number of hydrogen-bond acceptors (Lipinski definition) is 7. The number of phosphoric acid groups is 1. The van der Waals surface area contributed by atoms with E-state index in [0.29, 0.717) is 13.0 Å². The Morgan fingerprint density at radius 2 is 0.898 bits per heavy atom. The van der Waals surface area contributed by atoms with Crippen molar-refractivity contribution < 1.29 is 32.8 Å². The fourth-order valence-corrected chi connectivity index (χ4v) is 6.94. The zero-order valence-corrected chi connectivity index (χ0v) is 33.3. The van der Waals surface area contributed by atoms with Gasteiger partial charge in [0.05, 0.1) is 19.8 Å². The van der Waals surface area contributed by atoms with Gasteiger partial charge in [0, 0.05) is 19.6 Å². The van der Waals surface area contributed by atoms with Crippen LogP contribution in [0.15, 0.2) is 0 Å². The molecule has 3 N–H and O–H groups in total. The van der Waals surface area contributed by atoms with E-state index in [2.05, 4.69) is 13.8 Å². The molecule has 294 valence electrons. The van der Waals surface area contributed by atoms with Gasteiger partial charge < -0.3 is 20.1 Å². The molecule has 0 saturated carbocycles. The van der Waals surface area contributed by atoms with Gasteiger partial charge in [0.25, 0.3) is 0 Å². The first kappa shape index (κ1) is 48.5. The maximum Gasteiger partial charge on any atom is 0.472 e. The van der Waals surface area contributed by atoms with Crippen LogP contribution in [-0.2, 0) is 27.9 Å². The Morgan fingerprint density at radius 3 is 1.29 bits per heavy atom. The van der Waals surface area contributed by atoms with Gasteiger partial charge in [-0.05, 0) is 12.8 Å². The summed E-state index contributed by atoms with van der Waals surface area (Å²) in [4.78, 5) is 22.4. The molecule has 0 aliphatic rings. The molecule has 0 spiro atoms. The molecule has 9 heteroatoms. The van der Waals surface area contributed by atoms with E-state index >= 15 is 0 Å². The maximum absolute atomic E-state index is 12.5. The summed E-state index contributed by atoms with van der Waals surface area (Å²) < 4.78 is 33.4. The topological polar surface area (TPSA) is 117 Å². The Hall–Kier alpha value is -0.500. The summed E-state index contributed by atoms with van der Waals surface area (Å²) in [5.74, 6) is -0.327. The highest BCUT2D eigenvalue weighted by Gasteiger charge is 2.25. The highest BCUT2D eigenvalue weighted by atomic mass is 31.2. The monoisotopic (exact) mass is 720 g/mol. The highest BCUT2D eigenvalue weighted by Crippen LogP contribution is 2.43. The van der Waals surface area contributed by atoms with Crippen LogP contribution in [0.4, 0.5) is 0 Å². The summed E-state index contributed by atoms with van der Waals surface area (Å²) in [6.07, 6.45) is 38.3. The minimum atomic E-state index is -4.26. The lowest BCUT2D eigenvalue weighted by Gasteiger charge is -2.20. The van der Waals surface area contributed by atoms with Gasteiger partial charge in [-0.3, -0.25) is 13.8 Å². The molecule has 0 aromatic rings. The largest absolute Gasteiger partial charge is 0.472 e. The molecule has 8 nitrogen and oxygen atoms in total. The first-order chi connectivity index (χ1) is 23.9. The molecule has 0 bridgehead atoms. The molecule has 0 fully saturated rings. The molecule has 0 amide bonds. The lowest BCUT2D eigenvalue weighted by molar-refractivity contribution is -0.154. The minimum absolute atomic E-state index is 0.0903. The van der Waals surface area contributed by atoms with Crippen LogP contribution in [0.1, 0.15) is 213 Å². The third-order valence-corrected chi connectivity index (χ3v) is 10.3. The number of carbonyl (C=O) groups is 1. The maximum atomic E-state index is 12.5. The predicted molar refractivity (Wildman–Crippen MR) is 206 cm³/mol. The van der Waals surface area contributed by atoms with Crippen molar-refractivity contribution in [1.29, 1.82) is 0 Å². The smallest absolute Gasteiger partial charge is 0.457 e. The Kier molecular flexibility index (Phi) is 38.3. The number of rotatable bonds is 41. The molecular formula is C40H82NO7P. The number of esters is 1. The fraction of sp³-hybridized carbons (Fsp3) is 0.975. The molecule has 2 atom stereocenters. The molecule has 2 unspecified atom stereocenters. The van der Waals surface area contributed by atoms with Gasteiger partial charge in [-0.25, -0.2) is 4.57 Å². The molecule has 49 heavy (non-hydrogen) atoms. The van der Waals surface area contributed by atoms with Crippen molar-refractivity contribution in [3.8, 4) is 0 Å². The van der Waals surface area contributed by atoms with E-state index in [4.69, 9.17) is 24.3 Å². The average Bonchev–Trinajstić information content (AvgIpc) is 3.09. The Morgan fingerprint density at radius 1 is 0.531 bits per heavy atom. The van der Waals surface area contributed by atoms with Crippen LogP contribution in [-0.4, -0.2) is 49.9 Å². The third kappa shape index (κ3) is 38.6. The predicted octanol–water partition coefficient (Wildman–Crippen LogP) is 12.1. The van der Waals surface area contributed by atoms with Gasteiger partial charge in [0.1, 0.15) is 6.10 Å². The summed E-state index contributed by atoms with van der Waals surface area (Å²) in [6.45, 7) is 4.96. The molecule has 0 aromatic heterocycles. The van der Waals surface area contributed by atoms with Gasteiger partial charge in [-0.2, -0.15) is 0 Å². The van der Waals surface area contributed by atoms with E-state index in [9.17, 15) is 14.3 Å². The second-order valence-electron chi connectivity index (χ2n) is 14.2. The summed E-state index contributed by atoms with van der Waals surface area (Å²) in [6, 6.07) is 0. The zero-order chi connectivity index (χ0) is 35.9. The fourth-order valence-electron chi connectivity index (χ4n) is 6.17. The summed E-state index contributed by atoms with van der Waals surface area (Å²) >= 11 is 0. The average molecular weight is 720 g/mol. The van der Waals surface area contributed by atoms with E-state index < -0.39 is 13.9 Å². The summed E-state index contributed by atoms with van der Waals surface area (Å²) in [5, 5.41) is 0. The molecule has 0 radical (unpaired) electrons. The number of phosphoric ester groups is 1. The number of hydrogen-bond donors (Lipinski definition) is 2. The van der Waals surface area contributed by atoms with E-state index in [0.717, 1.165) is 32.1 Å². The molecule has 0 heterocycles. The van der Waals surface area contributed by atoms with Crippen LogP contribution < -0.4 is 5.73 Å². The SMILES string of the molecule is CCCCCCCCCCCCCCCCCCCCCOCC(COP(=O)(O)OCCN)OC(=O)CCCCCCCCCCCCC. The Labute approximate surface area is 303 Å². The van der Waals surface area contributed by atoms with Gasteiger partial charge in [-0.1, -0.05) is 194 Å². The zero-order valence-electron chi connectivity index (χ0n) is 32.5. The summed E-state index contributed by atoms with van der Waals surface area (Å²) in [7, 11) is -4.26. The second kappa shape index (κ2) is 38.7. The van der Waals surface area contributed by atoms with Crippen molar-refractivity contribution in [2.24, 2.45) is 5.73 Å². The van der Waals surface area contributed by atoms with Crippen molar-refractivity contribution in [2.75, 3.05) is 33.0 Å². The van der Waals surface area contributed by atoms with E-state index in [1.807, 2.05) is 0 Å². The number of nitrogens with two attached hydrogens (primary N) is 1. The number of ether oxygens (including phenoxy) is 2. The van der Waals surface area contributed by atoms with Crippen molar-refractivity contribution in [3.05, 3.63) is 0 Å². The second-order valence-corrected chi connectivity index (χ2v) is 15.7. The molecule has 0 aliphatic heterocycles. The van der Waals surface area contributed by atoms with Crippen LogP contribution >= 0.6 is 7.82 Å². The quantitative estimate of drug-likeness (QED) is 0.0364. The van der Waals surface area contributed by atoms with Crippen LogP contribution in [0.5, 0.6) is 0 Å². The van der Waals surface area contributed by atoms with Crippen LogP contribution in [0.2, 0.25) is 0 Å². The highest BCUT2D eigenvalue weighted by molar-refractivity contribution is 7.47.